The lowest BCUT2D eigenvalue weighted by Crippen LogP contribution is -2.41. The fourth-order valence-electron chi connectivity index (χ4n) is 3.04. The van der Waals surface area contributed by atoms with Crippen molar-refractivity contribution in [2.45, 2.75) is 26.5 Å². The summed E-state index contributed by atoms with van der Waals surface area (Å²) in [5.74, 6) is -3.44. The van der Waals surface area contributed by atoms with Crippen molar-refractivity contribution in [1.29, 1.82) is 0 Å². The van der Waals surface area contributed by atoms with Crippen LogP contribution in [0.5, 0.6) is 11.5 Å². The Kier molecular flexibility index (Phi) is 8.73. The highest BCUT2D eigenvalue weighted by molar-refractivity contribution is 6.39. The molecule has 1 atom stereocenters. The quantitative estimate of drug-likeness (QED) is 0.236. The summed E-state index contributed by atoms with van der Waals surface area (Å²) >= 11 is 12.2. The number of phenols is 1. The molecule has 1 amide bonds. The molecule has 7 nitrogen and oxygen atoms in total. The lowest BCUT2D eigenvalue weighted by molar-refractivity contribution is -0.153. The van der Waals surface area contributed by atoms with Gasteiger partial charge in [0.2, 0.25) is 0 Å². The summed E-state index contributed by atoms with van der Waals surface area (Å²) < 4.78 is 10.9. The Morgan fingerprint density at radius 1 is 0.971 bits per heavy atom. The van der Waals surface area contributed by atoms with E-state index in [1.165, 1.54) is 12.1 Å². The summed E-state index contributed by atoms with van der Waals surface area (Å²) in [5.41, 5.74) is 0.796. The number of amides is 1. The van der Waals surface area contributed by atoms with Gasteiger partial charge in [-0.3, -0.25) is 9.59 Å². The predicted molar refractivity (Wildman–Crippen MR) is 132 cm³/mol. The number of phenolic OH excluding ortho intramolecular Hbond substituents is 1. The van der Waals surface area contributed by atoms with Crippen molar-refractivity contribution >= 4 is 41.0 Å². The third kappa shape index (κ3) is 6.74. The number of esters is 2. The number of benzene rings is 3. The molecule has 0 aromatic heterocycles. The molecule has 0 aliphatic carbocycles. The minimum atomic E-state index is -1.04. The normalized spacial score (nSPS) is 11.6. The van der Waals surface area contributed by atoms with Gasteiger partial charge < -0.3 is 19.9 Å². The van der Waals surface area contributed by atoms with Crippen LogP contribution in [0.4, 0.5) is 0 Å². The van der Waals surface area contributed by atoms with E-state index in [2.05, 4.69) is 5.32 Å². The third-order valence-corrected chi connectivity index (χ3v) is 5.52. The standard InChI is InChI=1S/C26H23Cl2NO6/c1-15(2)25(32)34-20(13-16-9-5-3-6-10-16)29-24(31)18-14-19(27)22(30)21(28)23(18)35-26(33)17-11-7-4-8-12-17/h3-12,14-15,20,30H,13H2,1-2H3,(H,29,31). The molecule has 3 aromatic rings. The molecule has 2 N–H and O–H groups in total. The van der Waals surface area contributed by atoms with E-state index in [1.807, 2.05) is 30.3 Å². The second-order valence-corrected chi connectivity index (χ2v) is 8.68. The minimum Gasteiger partial charge on any atom is -0.505 e. The molecule has 0 aliphatic rings. The monoisotopic (exact) mass is 515 g/mol. The Hall–Kier alpha value is -3.55. The van der Waals surface area contributed by atoms with Crippen molar-refractivity contribution in [2.75, 3.05) is 0 Å². The second-order valence-electron chi connectivity index (χ2n) is 7.90. The number of carbonyl (C=O) groups is 3. The zero-order valence-electron chi connectivity index (χ0n) is 19.0. The van der Waals surface area contributed by atoms with Crippen molar-refractivity contribution in [3.8, 4) is 11.5 Å². The predicted octanol–water partition coefficient (Wildman–Crippen LogP) is 5.42. The molecule has 0 fully saturated rings. The Morgan fingerprint density at radius 2 is 1.57 bits per heavy atom. The average molecular weight is 516 g/mol. The van der Waals surface area contributed by atoms with Gasteiger partial charge in [0, 0.05) is 6.42 Å². The van der Waals surface area contributed by atoms with Crippen molar-refractivity contribution < 1.29 is 29.0 Å². The highest BCUT2D eigenvalue weighted by Crippen LogP contribution is 2.42. The van der Waals surface area contributed by atoms with Gasteiger partial charge in [-0.25, -0.2) is 4.79 Å². The number of hydrogen-bond acceptors (Lipinski definition) is 6. The van der Waals surface area contributed by atoms with Crippen LogP contribution < -0.4 is 10.1 Å². The highest BCUT2D eigenvalue weighted by atomic mass is 35.5. The summed E-state index contributed by atoms with van der Waals surface area (Å²) in [5, 5.41) is 12.2. The minimum absolute atomic E-state index is 0.184. The number of hydrogen-bond donors (Lipinski definition) is 2. The first-order valence-electron chi connectivity index (χ1n) is 10.7. The lowest BCUT2D eigenvalue weighted by atomic mass is 10.1. The van der Waals surface area contributed by atoms with Crippen LogP contribution in [-0.4, -0.2) is 29.2 Å². The number of carbonyl (C=O) groups excluding carboxylic acids is 3. The van der Waals surface area contributed by atoms with E-state index in [1.54, 1.807) is 32.0 Å². The van der Waals surface area contributed by atoms with Crippen molar-refractivity contribution in [1.82, 2.24) is 5.32 Å². The summed E-state index contributed by atoms with van der Waals surface area (Å²) in [6, 6.07) is 18.3. The SMILES string of the molecule is CC(C)C(=O)OC(Cc1ccccc1)NC(=O)c1cc(Cl)c(O)c(Cl)c1OC(=O)c1ccccc1. The largest absolute Gasteiger partial charge is 0.505 e. The zero-order valence-corrected chi connectivity index (χ0v) is 20.5. The van der Waals surface area contributed by atoms with Crippen LogP contribution in [0.25, 0.3) is 0 Å². The van der Waals surface area contributed by atoms with E-state index < -0.39 is 40.8 Å². The Bertz CT molecular complexity index is 1220. The van der Waals surface area contributed by atoms with Gasteiger partial charge in [0.15, 0.2) is 17.7 Å². The highest BCUT2D eigenvalue weighted by Gasteiger charge is 2.27. The molecule has 0 bridgehead atoms. The molecule has 35 heavy (non-hydrogen) atoms. The Balaban J connectivity index is 1.92. The topological polar surface area (TPSA) is 102 Å². The van der Waals surface area contributed by atoms with Crippen LogP contribution in [0.1, 0.15) is 40.1 Å². The molecule has 3 aromatic carbocycles. The summed E-state index contributed by atoms with van der Waals surface area (Å²) in [6.07, 6.45) is -0.854. The fraction of sp³-hybridized carbons (Fsp3) is 0.192. The number of ether oxygens (including phenoxy) is 2. The Morgan fingerprint density at radius 3 is 2.17 bits per heavy atom. The van der Waals surface area contributed by atoms with Gasteiger partial charge in [-0.15, -0.1) is 0 Å². The molecule has 0 saturated carbocycles. The van der Waals surface area contributed by atoms with Gasteiger partial charge in [-0.1, -0.05) is 85.6 Å². The number of rotatable bonds is 8. The fourth-order valence-corrected chi connectivity index (χ4v) is 3.53. The Labute approximate surface area is 212 Å². The molecule has 1 unspecified atom stereocenters. The first-order chi connectivity index (χ1) is 16.7. The number of aromatic hydroxyl groups is 1. The summed E-state index contributed by atoms with van der Waals surface area (Å²) in [4.78, 5) is 38.1. The van der Waals surface area contributed by atoms with Gasteiger partial charge in [-0.05, 0) is 23.8 Å². The summed E-state index contributed by atoms with van der Waals surface area (Å²) in [7, 11) is 0. The van der Waals surface area contributed by atoms with Crippen molar-refractivity contribution in [3.05, 3.63) is 93.5 Å². The first kappa shape index (κ1) is 26.1. The zero-order chi connectivity index (χ0) is 25.5. The maximum atomic E-state index is 13.3. The van der Waals surface area contributed by atoms with Gasteiger partial charge in [0.05, 0.1) is 22.1 Å². The van der Waals surface area contributed by atoms with Crippen LogP contribution in [0.2, 0.25) is 10.0 Å². The van der Waals surface area contributed by atoms with E-state index in [4.69, 9.17) is 32.7 Å². The van der Waals surface area contributed by atoms with Crippen LogP contribution in [0, 0.1) is 5.92 Å². The van der Waals surface area contributed by atoms with E-state index in [0.717, 1.165) is 11.6 Å². The van der Waals surface area contributed by atoms with Gasteiger partial charge in [0.25, 0.3) is 5.91 Å². The second kappa shape index (κ2) is 11.7. The van der Waals surface area contributed by atoms with Crippen LogP contribution in [0.15, 0.2) is 66.7 Å². The van der Waals surface area contributed by atoms with E-state index in [0.29, 0.717) is 0 Å². The average Bonchev–Trinajstić information content (AvgIpc) is 2.85. The molecule has 0 heterocycles. The molecule has 0 saturated heterocycles. The molecule has 182 valence electrons. The molecular weight excluding hydrogens is 493 g/mol. The van der Waals surface area contributed by atoms with E-state index in [-0.39, 0.29) is 28.3 Å². The van der Waals surface area contributed by atoms with Gasteiger partial charge >= 0.3 is 11.9 Å². The lowest BCUT2D eigenvalue weighted by Gasteiger charge is -2.22. The van der Waals surface area contributed by atoms with Gasteiger partial charge in [-0.2, -0.15) is 0 Å². The third-order valence-electron chi connectivity index (χ3n) is 4.88. The summed E-state index contributed by atoms with van der Waals surface area (Å²) in [6.45, 7) is 3.34. The van der Waals surface area contributed by atoms with Crippen LogP contribution in [-0.2, 0) is 16.0 Å². The van der Waals surface area contributed by atoms with Crippen molar-refractivity contribution in [2.24, 2.45) is 5.92 Å². The molecule has 3 rings (SSSR count). The molecular formula is C26H23Cl2NO6. The van der Waals surface area contributed by atoms with Crippen molar-refractivity contribution in [3.63, 3.8) is 0 Å². The number of nitrogens with one attached hydrogen (secondary N) is 1. The molecule has 0 spiro atoms. The van der Waals surface area contributed by atoms with Crippen LogP contribution in [0.3, 0.4) is 0 Å². The van der Waals surface area contributed by atoms with E-state index >= 15 is 0 Å². The van der Waals surface area contributed by atoms with E-state index in [9.17, 15) is 19.5 Å². The maximum Gasteiger partial charge on any atom is 0.343 e. The maximum absolute atomic E-state index is 13.3. The molecule has 0 aliphatic heterocycles. The number of halogens is 2. The van der Waals surface area contributed by atoms with Gasteiger partial charge in [0.1, 0.15) is 5.02 Å². The van der Waals surface area contributed by atoms with Crippen LogP contribution >= 0.6 is 23.2 Å². The molecule has 0 radical (unpaired) electrons. The first-order valence-corrected chi connectivity index (χ1v) is 11.5. The smallest absolute Gasteiger partial charge is 0.343 e. The molecule has 9 heteroatoms.